The van der Waals surface area contributed by atoms with E-state index in [0.29, 0.717) is 12.7 Å². The molecule has 0 aliphatic rings. The summed E-state index contributed by atoms with van der Waals surface area (Å²) in [6.07, 6.45) is 0.593. The van der Waals surface area contributed by atoms with Crippen molar-refractivity contribution in [2.45, 2.75) is 45.2 Å². The number of carboxylic acid groups (broad SMARTS) is 1. The largest absolute Gasteiger partial charge is 0.480 e. The van der Waals surface area contributed by atoms with E-state index in [0.717, 1.165) is 5.56 Å². The van der Waals surface area contributed by atoms with Gasteiger partial charge in [0, 0.05) is 6.42 Å². The molecule has 0 radical (unpaired) electrons. The molecule has 0 unspecified atom stereocenters. The van der Waals surface area contributed by atoms with E-state index in [2.05, 4.69) is 10.6 Å². The number of benzene rings is 1. The number of amides is 2. The van der Waals surface area contributed by atoms with Gasteiger partial charge in [-0.15, -0.1) is 0 Å². The van der Waals surface area contributed by atoms with Gasteiger partial charge in [0.25, 0.3) is 0 Å². The minimum absolute atomic E-state index is 0.102. The van der Waals surface area contributed by atoms with Gasteiger partial charge in [0.15, 0.2) is 0 Å². The maximum Gasteiger partial charge on any atom is 0.326 e. The van der Waals surface area contributed by atoms with Crippen LogP contribution in [-0.2, 0) is 25.6 Å². The van der Waals surface area contributed by atoms with Gasteiger partial charge >= 0.3 is 5.97 Å². The molecule has 1 rings (SSSR count). The van der Waals surface area contributed by atoms with Crippen LogP contribution in [0.25, 0.3) is 0 Å². The lowest BCUT2D eigenvalue weighted by Gasteiger charge is -2.22. The Bertz CT molecular complexity index is 601. The molecule has 0 aliphatic heterocycles. The van der Waals surface area contributed by atoms with Crippen molar-refractivity contribution >= 4 is 24.1 Å². The van der Waals surface area contributed by atoms with Crippen molar-refractivity contribution in [3.05, 3.63) is 35.9 Å². The third-order valence-corrected chi connectivity index (χ3v) is 3.52. The Balaban J connectivity index is 2.80. The number of aldehydes is 1. The van der Waals surface area contributed by atoms with E-state index < -0.39 is 29.9 Å². The lowest BCUT2D eigenvalue weighted by Crippen LogP contribution is -2.52. The average molecular weight is 348 g/mol. The van der Waals surface area contributed by atoms with Gasteiger partial charge in [0.2, 0.25) is 11.8 Å². The minimum atomic E-state index is -1.15. The Hall–Kier alpha value is -2.70. The predicted octanol–water partition coefficient (Wildman–Crippen LogP) is 0.918. The van der Waals surface area contributed by atoms with Gasteiger partial charge in [0.05, 0.1) is 6.42 Å². The Labute approximate surface area is 146 Å². The molecule has 0 aliphatic carbocycles. The van der Waals surface area contributed by atoms with Crippen molar-refractivity contribution in [3.63, 3.8) is 0 Å². The molecule has 7 heteroatoms. The normalized spacial score (nSPS) is 12.9. The van der Waals surface area contributed by atoms with Crippen LogP contribution in [-0.4, -0.2) is 41.3 Å². The molecule has 2 amide bonds. The third kappa shape index (κ3) is 7.60. The van der Waals surface area contributed by atoms with Crippen LogP contribution in [0, 0.1) is 5.92 Å². The summed E-state index contributed by atoms with van der Waals surface area (Å²) in [4.78, 5) is 45.9. The second-order valence-electron chi connectivity index (χ2n) is 6.21. The highest BCUT2D eigenvalue weighted by atomic mass is 16.4. The van der Waals surface area contributed by atoms with E-state index in [9.17, 15) is 24.3 Å². The maximum absolute atomic E-state index is 12.4. The molecule has 7 nitrogen and oxygen atoms in total. The minimum Gasteiger partial charge on any atom is -0.480 e. The van der Waals surface area contributed by atoms with Crippen molar-refractivity contribution in [2.24, 2.45) is 5.92 Å². The number of aliphatic carboxylic acids is 1. The molecule has 1 aromatic carbocycles. The summed E-state index contributed by atoms with van der Waals surface area (Å²) in [7, 11) is 0. The summed E-state index contributed by atoms with van der Waals surface area (Å²) < 4.78 is 0. The molecular weight excluding hydrogens is 324 g/mol. The first-order valence-corrected chi connectivity index (χ1v) is 8.13. The zero-order chi connectivity index (χ0) is 18.8. The Morgan fingerprint density at radius 1 is 1.08 bits per heavy atom. The van der Waals surface area contributed by atoms with Gasteiger partial charge in [-0.1, -0.05) is 44.2 Å². The summed E-state index contributed by atoms with van der Waals surface area (Å²) in [6, 6.07) is 6.96. The first-order valence-electron chi connectivity index (χ1n) is 8.13. The van der Waals surface area contributed by atoms with Gasteiger partial charge in [-0.3, -0.25) is 9.59 Å². The first kappa shape index (κ1) is 20.3. The monoisotopic (exact) mass is 348 g/mol. The van der Waals surface area contributed by atoms with Crippen LogP contribution >= 0.6 is 0 Å². The van der Waals surface area contributed by atoms with Gasteiger partial charge in [0.1, 0.15) is 18.4 Å². The van der Waals surface area contributed by atoms with Crippen molar-refractivity contribution in [2.75, 3.05) is 0 Å². The Morgan fingerprint density at radius 3 is 2.24 bits per heavy atom. The van der Waals surface area contributed by atoms with Crippen molar-refractivity contribution in [1.82, 2.24) is 10.6 Å². The smallest absolute Gasteiger partial charge is 0.326 e. The van der Waals surface area contributed by atoms with Crippen LogP contribution in [0.5, 0.6) is 0 Å². The highest BCUT2D eigenvalue weighted by Crippen LogP contribution is 2.08. The summed E-state index contributed by atoms with van der Waals surface area (Å²) in [5, 5.41) is 14.3. The molecule has 0 bridgehead atoms. The van der Waals surface area contributed by atoms with Crippen molar-refractivity contribution < 1.29 is 24.3 Å². The molecular formula is C18H24N2O5. The Morgan fingerprint density at radius 2 is 1.72 bits per heavy atom. The maximum atomic E-state index is 12.4. The fourth-order valence-corrected chi connectivity index (χ4v) is 2.35. The topological polar surface area (TPSA) is 113 Å². The number of rotatable bonds is 10. The SMILES string of the molecule is CC(C)C[C@H](NC(=O)CC=O)C(=O)N[C@@H](Cc1ccccc1)C(=O)O. The van der Waals surface area contributed by atoms with Gasteiger partial charge in [-0.2, -0.15) is 0 Å². The molecule has 0 fully saturated rings. The van der Waals surface area contributed by atoms with Crippen LogP contribution in [0.3, 0.4) is 0 Å². The highest BCUT2D eigenvalue weighted by Gasteiger charge is 2.27. The second-order valence-corrected chi connectivity index (χ2v) is 6.21. The number of carboxylic acids is 1. The van der Waals surface area contributed by atoms with Crippen LogP contribution in [0.4, 0.5) is 0 Å². The number of hydrogen-bond donors (Lipinski definition) is 3. The van der Waals surface area contributed by atoms with Crippen LogP contribution < -0.4 is 10.6 Å². The van der Waals surface area contributed by atoms with E-state index in [-0.39, 0.29) is 18.8 Å². The molecule has 25 heavy (non-hydrogen) atoms. The van der Waals surface area contributed by atoms with Crippen molar-refractivity contribution in [3.8, 4) is 0 Å². The average Bonchev–Trinajstić information content (AvgIpc) is 2.54. The molecule has 0 saturated heterocycles. The molecule has 0 aromatic heterocycles. The van der Waals surface area contributed by atoms with E-state index in [4.69, 9.17) is 0 Å². The van der Waals surface area contributed by atoms with Gasteiger partial charge < -0.3 is 20.5 Å². The summed E-state index contributed by atoms with van der Waals surface area (Å²) in [5.74, 6) is -2.19. The van der Waals surface area contributed by atoms with E-state index in [1.165, 1.54) is 0 Å². The lowest BCUT2D eigenvalue weighted by molar-refractivity contribution is -0.142. The summed E-state index contributed by atoms with van der Waals surface area (Å²) in [6.45, 7) is 3.76. The van der Waals surface area contributed by atoms with Gasteiger partial charge in [-0.05, 0) is 17.9 Å². The predicted molar refractivity (Wildman–Crippen MR) is 91.8 cm³/mol. The highest BCUT2D eigenvalue weighted by molar-refractivity contribution is 5.93. The molecule has 136 valence electrons. The van der Waals surface area contributed by atoms with Crippen LogP contribution in [0.15, 0.2) is 30.3 Å². The third-order valence-electron chi connectivity index (χ3n) is 3.52. The number of carbonyl (C=O) groups excluding carboxylic acids is 3. The quantitative estimate of drug-likeness (QED) is 0.430. The second kappa shape index (κ2) is 10.2. The Kier molecular flexibility index (Phi) is 8.32. The lowest BCUT2D eigenvalue weighted by atomic mass is 10.0. The van der Waals surface area contributed by atoms with Crippen LogP contribution in [0.1, 0.15) is 32.3 Å². The zero-order valence-corrected chi connectivity index (χ0v) is 14.4. The summed E-state index contributed by atoms with van der Waals surface area (Å²) in [5.41, 5.74) is 0.778. The number of carbonyl (C=O) groups is 4. The fraction of sp³-hybridized carbons (Fsp3) is 0.444. The van der Waals surface area contributed by atoms with Crippen LogP contribution in [0.2, 0.25) is 0 Å². The molecule has 0 heterocycles. The summed E-state index contributed by atoms with van der Waals surface area (Å²) >= 11 is 0. The molecule has 0 saturated carbocycles. The van der Waals surface area contributed by atoms with Crippen molar-refractivity contribution in [1.29, 1.82) is 0 Å². The van der Waals surface area contributed by atoms with Gasteiger partial charge in [-0.25, -0.2) is 4.79 Å². The zero-order valence-electron chi connectivity index (χ0n) is 14.4. The molecule has 1 aromatic rings. The van der Waals surface area contributed by atoms with E-state index >= 15 is 0 Å². The molecule has 0 spiro atoms. The fourth-order valence-electron chi connectivity index (χ4n) is 2.35. The molecule has 2 atom stereocenters. The molecule has 3 N–H and O–H groups in total. The first-order chi connectivity index (χ1) is 11.8. The number of nitrogens with one attached hydrogen (secondary N) is 2. The van der Waals surface area contributed by atoms with E-state index in [1.54, 1.807) is 24.3 Å². The number of hydrogen-bond acceptors (Lipinski definition) is 4. The van der Waals surface area contributed by atoms with E-state index in [1.807, 2.05) is 19.9 Å². The standard InChI is InChI=1S/C18H24N2O5/c1-12(2)10-14(19-16(22)8-9-21)17(23)20-15(18(24)25)11-13-6-4-3-5-7-13/h3-7,9,12,14-15H,8,10-11H2,1-2H3,(H,19,22)(H,20,23)(H,24,25)/t14-,15-/m0/s1.